The monoisotopic (exact) mass is 256 g/mol. The van der Waals surface area contributed by atoms with Crippen LogP contribution in [0.5, 0.6) is 0 Å². The molecule has 0 fully saturated rings. The second kappa shape index (κ2) is 5.19. The van der Waals surface area contributed by atoms with Gasteiger partial charge in [0.15, 0.2) is 9.84 Å². The highest BCUT2D eigenvalue weighted by Crippen LogP contribution is 2.28. The van der Waals surface area contributed by atoms with Crippen molar-refractivity contribution in [2.45, 2.75) is 38.0 Å². The molecule has 0 saturated carbocycles. The molecule has 0 radical (unpaired) electrons. The van der Waals surface area contributed by atoms with Crippen LogP contribution in [-0.4, -0.2) is 24.9 Å². The van der Waals surface area contributed by atoms with Crippen molar-refractivity contribution in [3.63, 3.8) is 0 Å². The second-order valence-corrected chi connectivity index (χ2v) is 7.11. The fourth-order valence-electron chi connectivity index (χ4n) is 1.96. The topological polar surface area (TPSA) is 54.4 Å². The number of hydrogen-bond acceptors (Lipinski definition) is 3. The summed E-state index contributed by atoms with van der Waals surface area (Å²) in [5.41, 5.74) is -0.402. The average Bonchev–Trinajstić information content (AvgIpc) is 2.15. The lowest BCUT2D eigenvalue weighted by Gasteiger charge is -2.22. The van der Waals surface area contributed by atoms with Gasteiger partial charge in [-0.3, -0.25) is 0 Å². The van der Waals surface area contributed by atoms with Gasteiger partial charge in [0.1, 0.15) is 0 Å². The van der Waals surface area contributed by atoms with E-state index >= 15 is 0 Å². The smallest absolute Gasteiger partial charge is 0.160 e. The maximum absolute atomic E-state index is 12.2. The molecule has 0 aliphatic carbocycles. The largest absolute Gasteiger partial charge is 0.389 e. The van der Waals surface area contributed by atoms with E-state index in [4.69, 9.17) is 0 Å². The molecular weight excluding hydrogens is 236 g/mol. The molecule has 1 N–H and O–H groups in total. The lowest BCUT2D eigenvalue weighted by atomic mass is 10.1. The number of rotatable bonds is 5. The first-order valence-electron chi connectivity index (χ1n) is 5.75. The molecule has 3 nitrogen and oxygen atoms in total. The Labute approximate surface area is 103 Å². The Morgan fingerprint density at radius 3 is 2.18 bits per heavy atom. The van der Waals surface area contributed by atoms with E-state index < -0.39 is 20.7 Å². The van der Waals surface area contributed by atoms with Crippen LogP contribution < -0.4 is 0 Å². The highest BCUT2D eigenvalue weighted by Gasteiger charge is 2.31. The maximum atomic E-state index is 12.2. The zero-order valence-electron chi connectivity index (χ0n) is 10.6. The molecule has 0 saturated heterocycles. The van der Waals surface area contributed by atoms with Crippen molar-refractivity contribution < 1.29 is 13.5 Å². The number of hydrogen-bond donors (Lipinski definition) is 1. The highest BCUT2D eigenvalue weighted by molar-refractivity contribution is 7.91. The first-order valence-corrected chi connectivity index (χ1v) is 7.47. The Morgan fingerprint density at radius 1 is 1.24 bits per heavy atom. The molecule has 1 unspecified atom stereocenters. The van der Waals surface area contributed by atoms with Gasteiger partial charge in [-0.2, -0.15) is 0 Å². The Morgan fingerprint density at radius 2 is 1.76 bits per heavy atom. The molecule has 0 amide bonds. The van der Waals surface area contributed by atoms with E-state index in [1.54, 1.807) is 0 Å². The first kappa shape index (κ1) is 14.2. The van der Waals surface area contributed by atoms with Gasteiger partial charge in [0, 0.05) is 0 Å². The van der Waals surface area contributed by atoms with Gasteiger partial charge in [-0.15, -0.1) is 0 Å². The summed E-state index contributed by atoms with van der Waals surface area (Å²) in [6.45, 7) is 4.88. The predicted molar refractivity (Wildman–Crippen MR) is 69.6 cm³/mol. The van der Waals surface area contributed by atoms with E-state index in [0.717, 1.165) is 5.56 Å². The molecule has 1 aromatic rings. The van der Waals surface area contributed by atoms with Crippen molar-refractivity contribution in [2.75, 3.05) is 5.75 Å². The minimum Gasteiger partial charge on any atom is -0.389 e. The van der Waals surface area contributed by atoms with Crippen molar-refractivity contribution in [1.29, 1.82) is 0 Å². The summed E-state index contributed by atoms with van der Waals surface area (Å²) in [5, 5.41) is 9.13. The summed E-state index contributed by atoms with van der Waals surface area (Å²) in [6, 6.07) is 9.15. The average molecular weight is 256 g/mol. The van der Waals surface area contributed by atoms with E-state index in [1.165, 1.54) is 13.8 Å². The fourth-order valence-corrected chi connectivity index (χ4v) is 4.22. The Kier molecular flexibility index (Phi) is 4.33. The Balaban J connectivity index is 3.04. The van der Waals surface area contributed by atoms with Gasteiger partial charge < -0.3 is 5.11 Å². The van der Waals surface area contributed by atoms with Crippen LogP contribution in [0.3, 0.4) is 0 Å². The molecule has 0 spiro atoms. The summed E-state index contributed by atoms with van der Waals surface area (Å²) in [5.74, 6) is -0.215. The highest BCUT2D eigenvalue weighted by atomic mass is 32.2. The molecule has 0 heterocycles. The summed E-state index contributed by atoms with van der Waals surface area (Å²) in [4.78, 5) is 0. The lowest BCUT2D eigenvalue weighted by molar-refractivity contribution is 0.104. The number of benzene rings is 1. The normalized spacial score (nSPS) is 14.6. The van der Waals surface area contributed by atoms with Crippen molar-refractivity contribution >= 4 is 9.84 Å². The van der Waals surface area contributed by atoms with Crippen molar-refractivity contribution in [3.05, 3.63) is 35.9 Å². The molecule has 0 aliphatic heterocycles. The first-order chi connectivity index (χ1) is 7.76. The lowest BCUT2D eigenvalue weighted by Crippen LogP contribution is -2.32. The molecular formula is C13H20O3S. The molecule has 4 heteroatoms. The van der Waals surface area contributed by atoms with Gasteiger partial charge in [0.2, 0.25) is 0 Å². The predicted octanol–water partition coefficient (Wildman–Crippen LogP) is 2.32. The van der Waals surface area contributed by atoms with Gasteiger partial charge in [0.25, 0.3) is 0 Å². The molecule has 96 valence electrons. The van der Waals surface area contributed by atoms with E-state index in [2.05, 4.69) is 0 Å². The van der Waals surface area contributed by atoms with Gasteiger partial charge in [-0.1, -0.05) is 37.3 Å². The Bertz CT molecular complexity index is 443. The Hall–Kier alpha value is -0.870. The quantitative estimate of drug-likeness (QED) is 0.879. The van der Waals surface area contributed by atoms with Gasteiger partial charge in [-0.25, -0.2) is 8.42 Å². The van der Waals surface area contributed by atoms with Crippen LogP contribution >= 0.6 is 0 Å². The van der Waals surface area contributed by atoms with Crippen molar-refractivity contribution in [3.8, 4) is 0 Å². The van der Waals surface area contributed by atoms with Crippen LogP contribution in [0.25, 0.3) is 0 Å². The van der Waals surface area contributed by atoms with E-state index in [9.17, 15) is 13.5 Å². The van der Waals surface area contributed by atoms with Crippen LogP contribution in [0.2, 0.25) is 0 Å². The molecule has 0 aromatic heterocycles. The van der Waals surface area contributed by atoms with Crippen molar-refractivity contribution in [2.24, 2.45) is 0 Å². The minimum absolute atomic E-state index is 0.215. The molecule has 1 aromatic carbocycles. The zero-order chi connectivity index (χ0) is 13.1. The maximum Gasteiger partial charge on any atom is 0.160 e. The van der Waals surface area contributed by atoms with E-state index in [0.29, 0.717) is 6.42 Å². The molecule has 0 bridgehead atoms. The fraction of sp³-hybridized carbons (Fsp3) is 0.538. The van der Waals surface area contributed by atoms with Crippen LogP contribution in [-0.2, 0) is 9.84 Å². The summed E-state index contributed by atoms with van der Waals surface area (Å²) < 4.78 is 24.4. The molecule has 0 aliphatic rings. The van der Waals surface area contributed by atoms with E-state index in [-0.39, 0.29) is 5.75 Å². The van der Waals surface area contributed by atoms with Crippen LogP contribution in [0.15, 0.2) is 30.3 Å². The van der Waals surface area contributed by atoms with Gasteiger partial charge >= 0.3 is 0 Å². The summed E-state index contributed by atoms with van der Waals surface area (Å²) >= 11 is 0. The molecule has 1 atom stereocenters. The van der Waals surface area contributed by atoms with Crippen LogP contribution in [0.4, 0.5) is 0 Å². The van der Waals surface area contributed by atoms with E-state index in [1.807, 2.05) is 37.3 Å². The third-order valence-electron chi connectivity index (χ3n) is 2.53. The second-order valence-electron chi connectivity index (χ2n) is 4.93. The third kappa shape index (κ3) is 4.13. The third-order valence-corrected chi connectivity index (χ3v) is 5.11. The van der Waals surface area contributed by atoms with Crippen LogP contribution in [0, 0.1) is 0 Å². The SMILES string of the molecule is CCC(c1ccccc1)S(=O)(=O)CC(C)(C)O. The zero-order valence-corrected chi connectivity index (χ0v) is 11.4. The standard InChI is InChI=1S/C13H20O3S/c1-4-12(11-8-6-5-7-9-11)17(15,16)10-13(2,3)14/h5-9,12,14H,4,10H2,1-3H3. The van der Waals surface area contributed by atoms with Gasteiger partial charge in [-0.05, 0) is 25.8 Å². The minimum atomic E-state index is -3.33. The van der Waals surface area contributed by atoms with Crippen molar-refractivity contribution in [1.82, 2.24) is 0 Å². The summed E-state index contributed by atoms with van der Waals surface area (Å²) in [7, 11) is -3.33. The number of sulfone groups is 1. The van der Waals surface area contributed by atoms with Crippen LogP contribution in [0.1, 0.15) is 38.0 Å². The molecule has 1 rings (SSSR count). The van der Waals surface area contributed by atoms with Gasteiger partial charge in [0.05, 0.1) is 16.6 Å². The molecule has 17 heavy (non-hydrogen) atoms. The summed E-state index contributed by atoms with van der Waals surface area (Å²) in [6.07, 6.45) is 0.516. The number of aliphatic hydroxyl groups is 1.